The Bertz CT molecular complexity index is 467. The first kappa shape index (κ1) is 14.8. The van der Waals surface area contributed by atoms with E-state index in [4.69, 9.17) is 0 Å². The second kappa shape index (κ2) is 7.27. The summed E-state index contributed by atoms with van der Waals surface area (Å²) in [4.78, 5) is 4.21. The van der Waals surface area contributed by atoms with Crippen molar-refractivity contribution in [2.24, 2.45) is 10.9 Å². The number of nitrogens with one attached hydrogen (secondary N) is 2. The molecule has 0 spiro atoms. The predicted molar refractivity (Wildman–Crippen MR) is 81.5 cm³/mol. The molecular weight excluding hydrogens is 253 g/mol. The molecule has 0 amide bonds. The van der Waals surface area contributed by atoms with Crippen molar-refractivity contribution in [1.29, 1.82) is 0 Å². The lowest BCUT2D eigenvalue weighted by Gasteiger charge is -2.12. The lowest BCUT2D eigenvalue weighted by molar-refractivity contribution is 0.625. The number of aliphatic imine (C=N–C) groups is 1. The van der Waals surface area contributed by atoms with Gasteiger partial charge >= 0.3 is 0 Å². The molecule has 0 aromatic heterocycles. The summed E-state index contributed by atoms with van der Waals surface area (Å²) >= 11 is 0. The first-order valence-electron chi connectivity index (χ1n) is 7.38. The number of hydrogen-bond acceptors (Lipinski definition) is 1. The smallest absolute Gasteiger partial charge is 0.190 e. The molecule has 1 aliphatic rings. The van der Waals surface area contributed by atoms with Gasteiger partial charge in [-0.15, -0.1) is 0 Å². The molecule has 1 saturated carbocycles. The average Bonchev–Trinajstić information content (AvgIpc) is 3.23. The van der Waals surface area contributed by atoms with Gasteiger partial charge in [0.25, 0.3) is 0 Å². The van der Waals surface area contributed by atoms with E-state index in [-0.39, 0.29) is 5.82 Å². The quantitative estimate of drug-likeness (QED) is 0.619. The van der Waals surface area contributed by atoms with E-state index in [1.54, 1.807) is 13.1 Å². The van der Waals surface area contributed by atoms with E-state index in [9.17, 15) is 4.39 Å². The molecule has 3 nitrogen and oxygen atoms in total. The molecule has 2 rings (SSSR count). The highest BCUT2D eigenvalue weighted by atomic mass is 19.1. The van der Waals surface area contributed by atoms with E-state index in [2.05, 4.69) is 15.6 Å². The number of halogens is 1. The van der Waals surface area contributed by atoms with Crippen LogP contribution in [-0.4, -0.2) is 26.1 Å². The second-order valence-corrected chi connectivity index (χ2v) is 5.48. The molecular formula is C16H24FN3. The summed E-state index contributed by atoms with van der Waals surface area (Å²) in [6, 6.07) is 4.96. The van der Waals surface area contributed by atoms with E-state index in [0.717, 1.165) is 37.0 Å². The zero-order valence-electron chi connectivity index (χ0n) is 12.4. The fourth-order valence-electron chi connectivity index (χ4n) is 2.28. The number of aryl methyl sites for hydroxylation is 1. The molecule has 0 saturated heterocycles. The van der Waals surface area contributed by atoms with Crippen molar-refractivity contribution in [2.45, 2.75) is 32.6 Å². The van der Waals surface area contributed by atoms with Crippen LogP contribution in [0.15, 0.2) is 23.2 Å². The van der Waals surface area contributed by atoms with Gasteiger partial charge in [-0.25, -0.2) is 4.39 Å². The Morgan fingerprint density at radius 2 is 2.05 bits per heavy atom. The summed E-state index contributed by atoms with van der Waals surface area (Å²) in [6.45, 7) is 3.73. The minimum Gasteiger partial charge on any atom is -0.356 e. The topological polar surface area (TPSA) is 36.4 Å². The van der Waals surface area contributed by atoms with Gasteiger partial charge in [0.2, 0.25) is 0 Å². The van der Waals surface area contributed by atoms with Crippen LogP contribution >= 0.6 is 0 Å². The van der Waals surface area contributed by atoms with Gasteiger partial charge in [0, 0.05) is 20.1 Å². The molecule has 0 aliphatic heterocycles. The van der Waals surface area contributed by atoms with Crippen LogP contribution in [-0.2, 0) is 6.42 Å². The lowest BCUT2D eigenvalue weighted by Crippen LogP contribution is -2.38. The van der Waals surface area contributed by atoms with Crippen LogP contribution in [0.4, 0.5) is 4.39 Å². The van der Waals surface area contributed by atoms with Crippen molar-refractivity contribution in [2.75, 3.05) is 20.1 Å². The first-order valence-corrected chi connectivity index (χ1v) is 7.38. The maximum atomic E-state index is 13.0. The summed E-state index contributed by atoms with van der Waals surface area (Å²) in [6.07, 6.45) is 4.88. The van der Waals surface area contributed by atoms with Crippen LogP contribution < -0.4 is 10.6 Å². The van der Waals surface area contributed by atoms with E-state index in [1.165, 1.54) is 30.9 Å². The van der Waals surface area contributed by atoms with Crippen LogP contribution in [0.25, 0.3) is 0 Å². The van der Waals surface area contributed by atoms with E-state index in [1.807, 2.05) is 13.0 Å². The van der Waals surface area contributed by atoms with Gasteiger partial charge in [-0.05, 0) is 48.9 Å². The Labute approximate surface area is 120 Å². The minimum absolute atomic E-state index is 0.170. The highest BCUT2D eigenvalue weighted by Gasteiger charge is 2.20. The third-order valence-corrected chi connectivity index (χ3v) is 3.76. The van der Waals surface area contributed by atoms with Gasteiger partial charge in [0.15, 0.2) is 5.96 Å². The van der Waals surface area contributed by atoms with Crippen molar-refractivity contribution in [1.82, 2.24) is 10.6 Å². The fraction of sp³-hybridized carbons (Fsp3) is 0.562. The van der Waals surface area contributed by atoms with Crippen LogP contribution in [0, 0.1) is 18.7 Å². The molecule has 0 radical (unpaired) electrons. The van der Waals surface area contributed by atoms with Crippen LogP contribution in [0.5, 0.6) is 0 Å². The molecule has 0 atom stereocenters. The van der Waals surface area contributed by atoms with E-state index in [0.29, 0.717) is 0 Å². The first-order chi connectivity index (χ1) is 9.69. The molecule has 0 heterocycles. The lowest BCUT2D eigenvalue weighted by atomic mass is 10.1. The normalized spacial score (nSPS) is 15.2. The van der Waals surface area contributed by atoms with Crippen molar-refractivity contribution < 1.29 is 4.39 Å². The minimum atomic E-state index is -0.170. The van der Waals surface area contributed by atoms with E-state index >= 15 is 0 Å². The molecule has 20 heavy (non-hydrogen) atoms. The molecule has 1 aromatic rings. The van der Waals surface area contributed by atoms with Gasteiger partial charge < -0.3 is 10.6 Å². The third kappa shape index (κ3) is 4.83. The van der Waals surface area contributed by atoms with Crippen molar-refractivity contribution in [3.63, 3.8) is 0 Å². The summed E-state index contributed by atoms with van der Waals surface area (Å²) in [5.74, 6) is 1.62. The number of hydrogen-bond donors (Lipinski definition) is 2. The number of nitrogens with zero attached hydrogens (tertiary/aromatic N) is 1. The maximum Gasteiger partial charge on any atom is 0.190 e. The number of rotatable bonds is 6. The Morgan fingerprint density at radius 1 is 1.30 bits per heavy atom. The Balaban J connectivity index is 1.69. The highest BCUT2D eigenvalue weighted by Crippen LogP contribution is 2.31. The van der Waals surface area contributed by atoms with Gasteiger partial charge in [-0.3, -0.25) is 4.99 Å². The largest absolute Gasteiger partial charge is 0.356 e. The van der Waals surface area contributed by atoms with Crippen LogP contribution in [0.1, 0.15) is 30.4 Å². The number of guanidine groups is 1. The highest BCUT2D eigenvalue weighted by molar-refractivity contribution is 5.79. The van der Waals surface area contributed by atoms with Gasteiger partial charge in [0.1, 0.15) is 5.82 Å². The molecule has 110 valence electrons. The summed E-state index contributed by atoms with van der Waals surface area (Å²) < 4.78 is 13.0. The molecule has 4 heteroatoms. The van der Waals surface area contributed by atoms with Crippen LogP contribution in [0.2, 0.25) is 0 Å². The molecule has 0 bridgehead atoms. The average molecular weight is 277 g/mol. The SMILES string of the molecule is CN=C(NCCc1ccc(F)cc1C)NCCC1CC1. The molecule has 1 aromatic carbocycles. The fourth-order valence-corrected chi connectivity index (χ4v) is 2.28. The monoisotopic (exact) mass is 277 g/mol. The van der Waals surface area contributed by atoms with Crippen molar-refractivity contribution in [3.05, 3.63) is 35.1 Å². The Morgan fingerprint density at radius 3 is 2.70 bits per heavy atom. The number of benzene rings is 1. The van der Waals surface area contributed by atoms with Crippen LogP contribution in [0.3, 0.4) is 0 Å². The summed E-state index contributed by atoms with van der Waals surface area (Å²) in [5.41, 5.74) is 2.18. The summed E-state index contributed by atoms with van der Waals surface area (Å²) in [5, 5.41) is 6.63. The molecule has 1 aliphatic carbocycles. The van der Waals surface area contributed by atoms with E-state index < -0.39 is 0 Å². The summed E-state index contributed by atoms with van der Waals surface area (Å²) in [7, 11) is 1.79. The Kier molecular flexibility index (Phi) is 5.39. The maximum absolute atomic E-state index is 13.0. The molecule has 2 N–H and O–H groups in total. The molecule has 0 unspecified atom stereocenters. The predicted octanol–water partition coefficient (Wildman–Crippen LogP) is 2.64. The van der Waals surface area contributed by atoms with Crippen molar-refractivity contribution in [3.8, 4) is 0 Å². The second-order valence-electron chi connectivity index (χ2n) is 5.48. The van der Waals surface area contributed by atoms with Gasteiger partial charge in [-0.1, -0.05) is 18.9 Å². The van der Waals surface area contributed by atoms with Gasteiger partial charge in [0.05, 0.1) is 0 Å². The van der Waals surface area contributed by atoms with Gasteiger partial charge in [-0.2, -0.15) is 0 Å². The zero-order chi connectivity index (χ0) is 14.4. The Hall–Kier alpha value is -1.58. The molecule has 1 fully saturated rings. The van der Waals surface area contributed by atoms with Crippen molar-refractivity contribution >= 4 is 5.96 Å². The zero-order valence-corrected chi connectivity index (χ0v) is 12.4. The standard InChI is InChI=1S/C16H24FN3/c1-12-11-15(17)6-5-14(12)8-10-20-16(18-2)19-9-7-13-3-4-13/h5-6,11,13H,3-4,7-10H2,1-2H3,(H2,18,19,20). The third-order valence-electron chi connectivity index (χ3n) is 3.76.